The lowest BCUT2D eigenvalue weighted by Crippen LogP contribution is -2.49. The van der Waals surface area contributed by atoms with Crippen LogP contribution in [-0.4, -0.2) is 62.2 Å². The lowest BCUT2D eigenvalue weighted by Gasteiger charge is -2.41. The number of anilines is 1. The molecule has 274 valence electrons. The number of benzene rings is 5. The Hall–Kier alpha value is -4.95. The van der Waals surface area contributed by atoms with Gasteiger partial charge in [0.15, 0.2) is 6.29 Å². The molecule has 2 fully saturated rings. The second-order valence-electron chi connectivity index (χ2n) is 13.3. The maximum Gasteiger partial charge on any atom is 0.269 e. The van der Waals surface area contributed by atoms with Crippen LogP contribution in [0.1, 0.15) is 41.1 Å². The number of nitro groups is 1. The zero-order valence-corrected chi connectivity index (χ0v) is 30.0. The molecule has 0 saturated carbocycles. The maximum atomic E-state index is 12.9. The standard InChI is InChI=1S/C41H42N4O7S/c46-29-30-10-12-32(13-11-30)40-26-37(28-43-22-24-44(25-23-43)35-18-20-36(21-19-35)45(47)48)51-41(52-40)33-16-14-31(15-17-33)39-9-5-4-6-34(39)27-42-53(49,50)38-7-2-1-3-8-38/h1-21,37,40-42,46H,22-29H2/t37-,40+,41+/m1/s1. The molecule has 3 atom stereocenters. The minimum absolute atomic E-state index is 0.0274. The molecule has 2 aliphatic heterocycles. The van der Waals surface area contributed by atoms with Gasteiger partial charge < -0.3 is 19.5 Å². The first-order chi connectivity index (χ1) is 25.8. The first-order valence-electron chi connectivity index (χ1n) is 17.7. The summed E-state index contributed by atoms with van der Waals surface area (Å²) in [5.41, 5.74) is 6.51. The van der Waals surface area contributed by atoms with Gasteiger partial charge in [-0.05, 0) is 52.1 Å². The Labute approximate surface area is 309 Å². The van der Waals surface area contributed by atoms with Crippen molar-refractivity contribution in [3.05, 3.63) is 160 Å². The highest BCUT2D eigenvalue weighted by Crippen LogP contribution is 2.39. The Bertz CT molecular complexity index is 2090. The molecule has 11 nitrogen and oxygen atoms in total. The highest BCUT2D eigenvalue weighted by Gasteiger charge is 2.34. The molecule has 0 spiro atoms. The number of nitro benzene ring substituents is 1. The average molecular weight is 735 g/mol. The van der Waals surface area contributed by atoms with Gasteiger partial charge in [0.05, 0.1) is 28.6 Å². The van der Waals surface area contributed by atoms with Crippen LogP contribution in [0.25, 0.3) is 11.1 Å². The van der Waals surface area contributed by atoms with E-state index in [4.69, 9.17) is 9.47 Å². The summed E-state index contributed by atoms with van der Waals surface area (Å²) in [6.07, 6.45) is -0.271. The van der Waals surface area contributed by atoms with Crippen LogP contribution in [0.3, 0.4) is 0 Å². The number of hydrogen-bond donors (Lipinski definition) is 2. The summed E-state index contributed by atoms with van der Waals surface area (Å²) in [4.78, 5) is 15.6. The van der Waals surface area contributed by atoms with E-state index < -0.39 is 16.3 Å². The van der Waals surface area contributed by atoms with Gasteiger partial charge in [0, 0.05) is 69.1 Å². The number of non-ortho nitro benzene ring substituents is 1. The molecule has 7 rings (SSSR count). The van der Waals surface area contributed by atoms with E-state index in [-0.39, 0.29) is 40.9 Å². The van der Waals surface area contributed by atoms with Crippen molar-refractivity contribution in [3.63, 3.8) is 0 Å². The molecular weight excluding hydrogens is 693 g/mol. The summed E-state index contributed by atoms with van der Waals surface area (Å²) in [6.45, 7) is 4.09. The van der Waals surface area contributed by atoms with Crippen molar-refractivity contribution >= 4 is 21.4 Å². The van der Waals surface area contributed by atoms with E-state index in [2.05, 4.69) is 14.5 Å². The molecule has 12 heteroatoms. The summed E-state index contributed by atoms with van der Waals surface area (Å²) in [5.74, 6) is 0. The van der Waals surface area contributed by atoms with Crippen LogP contribution in [0, 0.1) is 10.1 Å². The number of hydrogen-bond acceptors (Lipinski definition) is 9. The predicted octanol–water partition coefficient (Wildman–Crippen LogP) is 6.60. The number of aliphatic hydroxyl groups excluding tert-OH is 1. The summed E-state index contributed by atoms with van der Waals surface area (Å²) in [5, 5.41) is 20.7. The highest BCUT2D eigenvalue weighted by atomic mass is 32.2. The van der Waals surface area contributed by atoms with Crippen LogP contribution in [0.2, 0.25) is 0 Å². The van der Waals surface area contributed by atoms with Gasteiger partial charge in [-0.15, -0.1) is 0 Å². The van der Waals surface area contributed by atoms with Crippen molar-refractivity contribution in [1.82, 2.24) is 9.62 Å². The van der Waals surface area contributed by atoms with Crippen molar-refractivity contribution in [2.24, 2.45) is 0 Å². The molecule has 2 aliphatic rings. The highest BCUT2D eigenvalue weighted by molar-refractivity contribution is 7.89. The molecule has 0 aliphatic carbocycles. The van der Waals surface area contributed by atoms with E-state index in [9.17, 15) is 23.6 Å². The number of piperazine rings is 1. The zero-order chi connectivity index (χ0) is 36.8. The smallest absolute Gasteiger partial charge is 0.269 e. The molecule has 5 aromatic carbocycles. The van der Waals surface area contributed by atoms with Crippen LogP contribution < -0.4 is 9.62 Å². The van der Waals surface area contributed by atoms with Crippen molar-refractivity contribution in [1.29, 1.82) is 0 Å². The van der Waals surface area contributed by atoms with Crippen LogP contribution >= 0.6 is 0 Å². The van der Waals surface area contributed by atoms with E-state index in [0.29, 0.717) is 6.42 Å². The number of sulfonamides is 1. The Morgan fingerprint density at radius 3 is 2.11 bits per heavy atom. The molecule has 0 radical (unpaired) electrons. The first kappa shape index (κ1) is 36.4. The number of nitrogens with one attached hydrogen (secondary N) is 1. The fourth-order valence-corrected chi connectivity index (χ4v) is 7.95. The molecular formula is C41H42N4O7S. The third kappa shape index (κ3) is 8.82. The van der Waals surface area contributed by atoms with E-state index in [1.807, 2.05) is 84.9 Å². The largest absolute Gasteiger partial charge is 0.392 e. The van der Waals surface area contributed by atoms with Crippen molar-refractivity contribution in [2.75, 3.05) is 37.6 Å². The maximum absolute atomic E-state index is 12.9. The number of ether oxygens (including phenoxy) is 2. The van der Waals surface area contributed by atoms with E-state index in [1.54, 1.807) is 42.5 Å². The van der Waals surface area contributed by atoms with Crippen molar-refractivity contribution < 1.29 is 27.9 Å². The van der Waals surface area contributed by atoms with Crippen molar-refractivity contribution in [3.8, 4) is 11.1 Å². The van der Waals surface area contributed by atoms with Crippen LogP contribution in [0.15, 0.2) is 132 Å². The third-order valence-electron chi connectivity index (χ3n) is 9.89. The van der Waals surface area contributed by atoms with Gasteiger partial charge in [-0.3, -0.25) is 15.0 Å². The monoisotopic (exact) mass is 734 g/mol. The van der Waals surface area contributed by atoms with E-state index in [1.165, 1.54) is 0 Å². The number of nitrogens with zero attached hydrogens (tertiary/aromatic N) is 3. The fraction of sp³-hybridized carbons (Fsp3) is 0.268. The Balaban J connectivity index is 1.05. The third-order valence-corrected chi connectivity index (χ3v) is 11.3. The quantitative estimate of drug-likeness (QED) is 0.107. The summed E-state index contributed by atoms with van der Waals surface area (Å²) in [7, 11) is -3.67. The van der Waals surface area contributed by atoms with Crippen LogP contribution in [0.5, 0.6) is 0 Å². The van der Waals surface area contributed by atoms with Crippen molar-refractivity contribution in [2.45, 2.75) is 43.0 Å². The second-order valence-corrected chi connectivity index (χ2v) is 15.1. The van der Waals surface area contributed by atoms with Gasteiger partial charge in [0.25, 0.3) is 5.69 Å². The first-order valence-corrected chi connectivity index (χ1v) is 19.2. The number of rotatable bonds is 12. The number of aliphatic hydroxyl groups is 1. The molecule has 0 aromatic heterocycles. The van der Waals surface area contributed by atoms with Crippen LogP contribution in [0.4, 0.5) is 11.4 Å². The molecule has 5 aromatic rings. The predicted molar refractivity (Wildman–Crippen MR) is 203 cm³/mol. The molecule has 2 N–H and O–H groups in total. The Morgan fingerprint density at radius 2 is 1.43 bits per heavy atom. The van der Waals surface area contributed by atoms with E-state index >= 15 is 0 Å². The molecule has 0 amide bonds. The summed E-state index contributed by atoms with van der Waals surface area (Å²) in [6, 6.07) is 38.7. The lowest BCUT2D eigenvalue weighted by molar-refractivity contribution is -0.384. The van der Waals surface area contributed by atoms with Gasteiger partial charge in [-0.1, -0.05) is 91.0 Å². The Morgan fingerprint density at radius 1 is 0.774 bits per heavy atom. The molecule has 53 heavy (non-hydrogen) atoms. The fourth-order valence-electron chi connectivity index (χ4n) is 6.93. The molecule has 2 heterocycles. The summed E-state index contributed by atoms with van der Waals surface area (Å²) >= 11 is 0. The van der Waals surface area contributed by atoms with Gasteiger partial charge in [-0.25, -0.2) is 13.1 Å². The van der Waals surface area contributed by atoms with Gasteiger partial charge in [0.1, 0.15) is 0 Å². The van der Waals surface area contributed by atoms with E-state index in [0.717, 1.165) is 71.8 Å². The van der Waals surface area contributed by atoms with Gasteiger partial charge in [0.2, 0.25) is 10.0 Å². The molecule has 0 unspecified atom stereocenters. The van der Waals surface area contributed by atoms with Crippen LogP contribution in [-0.2, 0) is 32.6 Å². The minimum Gasteiger partial charge on any atom is -0.392 e. The summed E-state index contributed by atoms with van der Waals surface area (Å²) < 4.78 is 41.8. The lowest BCUT2D eigenvalue weighted by atomic mass is 9.97. The van der Waals surface area contributed by atoms with Gasteiger partial charge in [-0.2, -0.15) is 0 Å². The SMILES string of the molecule is O=[N+]([O-])c1ccc(N2CCN(C[C@H]3C[C@@H](c4ccc(CO)cc4)O[C@@H](c4ccc(-c5ccccc5CNS(=O)(=O)c5ccccc5)cc4)O3)CC2)cc1. The average Bonchev–Trinajstić information content (AvgIpc) is 3.21. The Kier molecular flexibility index (Phi) is 11.3. The molecule has 2 saturated heterocycles. The van der Waals surface area contributed by atoms with Gasteiger partial charge >= 0.3 is 0 Å². The second kappa shape index (κ2) is 16.4. The normalized spacial score (nSPS) is 19.6. The zero-order valence-electron chi connectivity index (χ0n) is 29.2. The molecule has 0 bridgehead atoms. The minimum atomic E-state index is -3.67. The topological polar surface area (TPSA) is 134 Å².